The molecule has 0 fully saturated rings. The number of nitrogens with one attached hydrogen (secondary N) is 1. The van der Waals surface area contributed by atoms with Gasteiger partial charge in [-0.05, 0) is 24.6 Å². The highest BCUT2D eigenvalue weighted by molar-refractivity contribution is 7.89. The maximum absolute atomic E-state index is 12.2. The van der Waals surface area contributed by atoms with Crippen LogP contribution in [-0.2, 0) is 19.6 Å². The van der Waals surface area contributed by atoms with E-state index >= 15 is 0 Å². The number of hydrogen-bond donors (Lipinski definition) is 3. The largest absolute Gasteiger partial charge is 0.495 e. The van der Waals surface area contributed by atoms with Crippen molar-refractivity contribution in [2.75, 3.05) is 7.11 Å². The van der Waals surface area contributed by atoms with Crippen molar-refractivity contribution >= 4 is 22.0 Å². The van der Waals surface area contributed by atoms with Gasteiger partial charge in [-0.1, -0.05) is 6.07 Å². The predicted octanol–water partition coefficient (Wildman–Crippen LogP) is 0.210. The average molecular weight is 317 g/mol. The van der Waals surface area contributed by atoms with Crippen LogP contribution in [0.4, 0.5) is 0 Å². The van der Waals surface area contributed by atoms with Crippen LogP contribution in [0.1, 0.15) is 12.0 Å². The molecule has 0 aliphatic rings. The summed E-state index contributed by atoms with van der Waals surface area (Å²) in [6.07, 6.45) is -0.872. The maximum Gasteiger partial charge on any atom is 0.322 e. The Bertz CT molecular complexity index is 654. The van der Waals surface area contributed by atoms with Crippen LogP contribution in [0, 0.1) is 6.92 Å². The van der Waals surface area contributed by atoms with Crippen LogP contribution >= 0.6 is 0 Å². The smallest absolute Gasteiger partial charge is 0.322 e. The minimum atomic E-state index is -4.23. The van der Waals surface area contributed by atoms with Gasteiger partial charge in [0.1, 0.15) is 16.7 Å². The zero-order valence-electron chi connectivity index (χ0n) is 11.4. The van der Waals surface area contributed by atoms with Gasteiger partial charge in [0.25, 0.3) is 0 Å². The number of aliphatic carboxylic acids is 2. The lowest BCUT2D eigenvalue weighted by molar-refractivity contribution is -0.145. The summed E-state index contributed by atoms with van der Waals surface area (Å²) < 4.78 is 31.2. The van der Waals surface area contributed by atoms with Crippen molar-refractivity contribution in [2.24, 2.45) is 0 Å². The average Bonchev–Trinajstić information content (AvgIpc) is 2.37. The van der Waals surface area contributed by atoms with Gasteiger partial charge in [0, 0.05) is 0 Å². The third kappa shape index (κ3) is 4.43. The molecule has 1 rings (SSSR count). The molecule has 116 valence electrons. The molecule has 0 saturated carbocycles. The van der Waals surface area contributed by atoms with Crippen LogP contribution in [-0.4, -0.2) is 43.7 Å². The highest BCUT2D eigenvalue weighted by Crippen LogP contribution is 2.24. The molecule has 0 unspecified atom stereocenters. The van der Waals surface area contributed by atoms with Gasteiger partial charge in [-0.15, -0.1) is 0 Å². The maximum atomic E-state index is 12.2. The Morgan fingerprint density at radius 1 is 1.33 bits per heavy atom. The van der Waals surface area contributed by atoms with Crippen molar-refractivity contribution in [2.45, 2.75) is 24.3 Å². The third-order valence-electron chi connectivity index (χ3n) is 2.58. The highest BCUT2D eigenvalue weighted by atomic mass is 32.2. The van der Waals surface area contributed by atoms with Gasteiger partial charge in [0.15, 0.2) is 0 Å². The SMILES string of the molecule is COc1ccc(C)cc1S(=O)(=O)N[C@@H](CC(=O)O)C(=O)O. The van der Waals surface area contributed by atoms with E-state index in [-0.39, 0.29) is 10.6 Å². The van der Waals surface area contributed by atoms with E-state index in [1.165, 1.54) is 19.2 Å². The second-order valence-electron chi connectivity index (χ2n) is 4.26. The quantitative estimate of drug-likeness (QED) is 0.655. The zero-order valence-corrected chi connectivity index (χ0v) is 12.2. The topological polar surface area (TPSA) is 130 Å². The number of methoxy groups -OCH3 is 1. The van der Waals surface area contributed by atoms with Crippen molar-refractivity contribution in [3.8, 4) is 5.75 Å². The summed E-state index contributed by atoms with van der Waals surface area (Å²) in [7, 11) is -2.96. The second-order valence-corrected chi connectivity index (χ2v) is 5.95. The first kappa shape index (κ1) is 16.9. The molecule has 0 aliphatic carbocycles. The van der Waals surface area contributed by atoms with Gasteiger partial charge in [0.2, 0.25) is 10.0 Å². The molecule has 1 aromatic rings. The molecule has 8 nitrogen and oxygen atoms in total. The van der Waals surface area contributed by atoms with Crippen molar-refractivity contribution < 1.29 is 33.0 Å². The Morgan fingerprint density at radius 3 is 2.43 bits per heavy atom. The highest BCUT2D eigenvalue weighted by Gasteiger charge is 2.29. The van der Waals surface area contributed by atoms with E-state index in [1.807, 2.05) is 4.72 Å². The van der Waals surface area contributed by atoms with Crippen LogP contribution in [0.25, 0.3) is 0 Å². The van der Waals surface area contributed by atoms with Crippen molar-refractivity contribution in [3.05, 3.63) is 23.8 Å². The van der Waals surface area contributed by atoms with Crippen LogP contribution in [0.3, 0.4) is 0 Å². The molecule has 0 aliphatic heterocycles. The van der Waals surface area contributed by atoms with E-state index in [2.05, 4.69) is 0 Å². The standard InChI is InChI=1S/C12H15NO7S/c1-7-3-4-9(20-2)10(5-7)21(18,19)13-8(12(16)17)6-11(14)15/h3-5,8,13H,6H2,1-2H3,(H,14,15)(H,16,17)/t8-/m0/s1. The summed E-state index contributed by atoms with van der Waals surface area (Å²) in [6, 6.07) is 2.60. The molecule has 0 aromatic heterocycles. The van der Waals surface area contributed by atoms with E-state index in [0.717, 1.165) is 0 Å². The molecule has 0 radical (unpaired) electrons. The Balaban J connectivity index is 3.18. The van der Waals surface area contributed by atoms with Gasteiger partial charge in [-0.25, -0.2) is 8.42 Å². The number of carboxylic acids is 2. The van der Waals surface area contributed by atoms with E-state index in [4.69, 9.17) is 14.9 Å². The summed E-state index contributed by atoms with van der Waals surface area (Å²) in [6.45, 7) is 1.66. The zero-order chi connectivity index (χ0) is 16.2. The molecule has 0 bridgehead atoms. The molecule has 0 heterocycles. The summed E-state index contributed by atoms with van der Waals surface area (Å²) in [4.78, 5) is 21.3. The first-order valence-electron chi connectivity index (χ1n) is 5.79. The molecule has 0 saturated heterocycles. The molecule has 1 atom stereocenters. The molecule has 0 spiro atoms. The van der Waals surface area contributed by atoms with E-state index in [9.17, 15) is 18.0 Å². The van der Waals surface area contributed by atoms with Gasteiger partial charge in [-0.3, -0.25) is 9.59 Å². The Kier molecular flexibility index (Phi) is 5.28. The monoisotopic (exact) mass is 317 g/mol. The third-order valence-corrected chi connectivity index (χ3v) is 4.08. The molecular formula is C12H15NO7S. The van der Waals surface area contributed by atoms with Crippen LogP contribution in [0.15, 0.2) is 23.1 Å². The molecular weight excluding hydrogens is 302 g/mol. The van der Waals surface area contributed by atoms with Gasteiger partial charge >= 0.3 is 11.9 Å². The first-order valence-corrected chi connectivity index (χ1v) is 7.27. The number of rotatable bonds is 7. The number of sulfonamides is 1. The van der Waals surface area contributed by atoms with Crippen LogP contribution in [0.5, 0.6) is 5.75 Å². The fraction of sp³-hybridized carbons (Fsp3) is 0.333. The Morgan fingerprint density at radius 2 is 1.95 bits per heavy atom. The number of ether oxygens (including phenoxy) is 1. The number of benzene rings is 1. The number of hydrogen-bond acceptors (Lipinski definition) is 5. The number of carboxylic acid groups (broad SMARTS) is 2. The number of aryl methyl sites for hydroxylation is 1. The van der Waals surface area contributed by atoms with Crippen LogP contribution < -0.4 is 9.46 Å². The van der Waals surface area contributed by atoms with E-state index in [1.54, 1.807) is 13.0 Å². The summed E-state index contributed by atoms with van der Waals surface area (Å²) in [5.41, 5.74) is 0.626. The minimum Gasteiger partial charge on any atom is -0.495 e. The van der Waals surface area contributed by atoms with Gasteiger partial charge in [-0.2, -0.15) is 4.72 Å². The Labute approximate surface area is 121 Å². The fourth-order valence-corrected chi connectivity index (χ4v) is 3.04. The van der Waals surface area contributed by atoms with Crippen LogP contribution in [0.2, 0.25) is 0 Å². The first-order chi connectivity index (χ1) is 9.67. The predicted molar refractivity (Wildman–Crippen MR) is 71.7 cm³/mol. The van der Waals surface area contributed by atoms with E-state index < -0.39 is 34.4 Å². The molecule has 1 aromatic carbocycles. The summed E-state index contributed by atoms with van der Waals surface area (Å²) >= 11 is 0. The molecule has 9 heteroatoms. The second kappa shape index (κ2) is 6.55. The lowest BCUT2D eigenvalue weighted by atomic mass is 10.2. The lowest BCUT2D eigenvalue weighted by Gasteiger charge is -2.15. The summed E-state index contributed by atoms with van der Waals surface area (Å²) in [5.74, 6) is -2.97. The normalized spacial score (nSPS) is 12.7. The molecule has 21 heavy (non-hydrogen) atoms. The van der Waals surface area contributed by atoms with Gasteiger partial charge in [0.05, 0.1) is 13.5 Å². The minimum absolute atomic E-state index is 0.0348. The van der Waals surface area contributed by atoms with Crippen molar-refractivity contribution in [3.63, 3.8) is 0 Å². The van der Waals surface area contributed by atoms with Crippen molar-refractivity contribution in [1.82, 2.24) is 4.72 Å². The lowest BCUT2D eigenvalue weighted by Crippen LogP contribution is -2.42. The van der Waals surface area contributed by atoms with Crippen molar-refractivity contribution in [1.29, 1.82) is 0 Å². The Hall–Kier alpha value is -2.13. The molecule has 0 amide bonds. The van der Waals surface area contributed by atoms with E-state index in [0.29, 0.717) is 5.56 Å². The van der Waals surface area contributed by atoms with Gasteiger partial charge < -0.3 is 14.9 Å². The molecule has 3 N–H and O–H groups in total. The summed E-state index contributed by atoms with van der Waals surface area (Å²) in [5, 5.41) is 17.5. The number of carbonyl (C=O) groups is 2. The fourth-order valence-electron chi connectivity index (χ4n) is 1.60.